The van der Waals surface area contributed by atoms with Gasteiger partial charge in [0.1, 0.15) is 0 Å². The standard InChI is InChI=1S/C16H28N4O/c1-4-10-20(13-8-6-12(17)7-9-13)16(21)14-11-19(3)18-15(14)5-2/h11-13H,4-10,17H2,1-3H3. The van der Waals surface area contributed by atoms with Gasteiger partial charge in [-0.1, -0.05) is 13.8 Å². The molecule has 118 valence electrons. The Morgan fingerprint density at radius 1 is 1.38 bits per heavy atom. The summed E-state index contributed by atoms with van der Waals surface area (Å²) in [4.78, 5) is 15.0. The molecule has 0 aliphatic heterocycles. The molecule has 0 bridgehead atoms. The van der Waals surface area contributed by atoms with Crippen molar-refractivity contribution in [3.8, 4) is 0 Å². The van der Waals surface area contributed by atoms with Crippen molar-refractivity contribution in [1.82, 2.24) is 14.7 Å². The van der Waals surface area contributed by atoms with Crippen molar-refractivity contribution in [2.45, 2.75) is 64.5 Å². The maximum Gasteiger partial charge on any atom is 0.257 e. The molecule has 0 atom stereocenters. The Kier molecular flexibility index (Phi) is 5.39. The second kappa shape index (κ2) is 7.07. The van der Waals surface area contributed by atoms with E-state index in [-0.39, 0.29) is 5.91 Å². The van der Waals surface area contributed by atoms with E-state index < -0.39 is 0 Å². The Hall–Kier alpha value is -1.36. The molecule has 1 saturated carbocycles. The highest BCUT2D eigenvalue weighted by atomic mass is 16.2. The smallest absolute Gasteiger partial charge is 0.257 e. The Bertz CT molecular complexity index is 475. The highest BCUT2D eigenvalue weighted by Gasteiger charge is 2.29. The van der Waals surface area contributed by atoms with Gasteiger partial charge in [0, 0.05) is 31.9 Å². The summed E-state index contributed by atoms with van der Waals surface area (Å²) in [5, 5.41) is 4.40. The van der Waals surface area contributed by atoms with Crippen molar-refractivity contribution < 1.29 is 4.79 Å². The lowest BCUT2D eigenvalue weighted by atomic mass is 9.90. The molecule has 1 amide bonds. The van der Waals surface area contributed by atoms with Gasteiger partial charge in [0.15, 0.2) is 0 Å². The fourth-order valence-corrected chi connectivity index (χ4v) is 3.23. The predicted octanol–water partition coefficient (Wildman–Crippen LogP) is 2.10. The van der Waals surface area contributed by atoms with Crippen molar-refractivity contribution in [3.63, 3.8) is 0 Å². The lowest BCUT2D eigenvalue weighted by Gasteiger charge is -2.36. The van der Waals surface area contributed by atoms with Crippen LogP contribution in [0, 0.1) is 0 Å². The Balaban J connectivity index is 2.18. The summed E-state index contributed by atoms with van der Waals surface area (Å²) < 4.78 is 1.74. The van der Waals surface area contributed by atoms with E-state index in [0.29, 0.717) is 12.1 Å². The molecule has 5 heteroatoms. The molecule has 1 aromatic rings. The van der Waals surface area contributed by atoms with Crippen LogP contribution in [0.2, 0.25) is 0 Å². The van der Waals surface area contributed by atoms with Gasteiger partial charge in [-0.05, 0) is 38.5 Å². The second-order valence-corrected chi connectivity index (χ2v) is 6.08. The molecule has 1 heterocycles. The summed E-state index contributed by atoms with van der Waals surface area (Å²) >= 11 is 0. The molecule has 0 saturated heterocycles. The summed E-state index contributed by atoms with van der Waals surface area (Å²) in [6, 6.07) is 0.645. The molecule has 0 aromatic carbocycles. The summed E-state index contributed by atoms with van der Waals surface area (Å²) in [7, 11) is 1.87. The van der Waals surface area contributed by atoms with Crippen LogP contribution in [0.4, 0.5) is 0 Å². The molecular formula is C16H28N4O. The van der Waals surface area contributed by atoms with Crippen LogP contribution in [0.5, 0.6) is 0 Å². The monoisotopic (exact) mass is 292 g/mol. The molecular weight excluding hydrogens is 264 g/mol. The number of carbonyl (C=O) groups is 1. The quantitative estimate of drug-likeness (QED) is 0.904. The van der Waals surface area contributed by atoms with Gasteiger partial charge in [0.2, 0.25) is 0 Å². The fraction of sp³-hybridized carbons (Fsp3) is 0.750. The van der Waals surface area contributed by atoms with Gasteiger partial charge in [0.05, 0.1) is 11.3 Å². The molecule has 2 rings (SSSR count). The molecule has 1 aromatic heterocycles. The number of nitrogens with zero attached hydrogens (tertiary/aromatic N) is 3. The van der Waals surface area contributed by atoms with Gasteiger partial charge >= 0.3 is 0 Å². The number of aryl methyl sites for hydroxylation is 2. The molecule has 21 heavy (non-hydrogen) atoms. The van der Waals surface area contributed by atoms with Crippen LogP contribution < -0.4 is 5.73 Å². The largest absolute Gasteiger partial charge is 0.336 e. The van der Waals surface area contributed by atoms with Gasteiger partial charge in [-0.25, -0.2) is 0 Å². The van der Waals surface area contributed by atoms with Gasteiger partial charge in [-0.2, -0.15) is 5.10 Å². The third-order valence-electron chi connectivity index (χ3n) is 4.38. The third kappa shape index (κ3) is 3.64. The SMILES string of the molecule is CCCN(C(=O)c1cn(C)nc1CC)C1CCC(N)CC1. The Morgan fingerprint density at radius 2 is 2.05 bits per heavy atom. The third-order valence-corrected chi connectivity index (χ3v) is 4.38. The zero-order valence-electron chi connectivity index (χ0n) is 13.5. The normalized spacial score (nSPS) is 22.3. The first kappa shape index (κ1) is 16.0. The van der Waals surface area contributed by atoms with E-state index in [2.05, 4.69) is 16.9 Å². The van der Waals surface area contributed by atoms with Crippen LogP contribution in [0.25, 0.3) is 0 Å². The lowest BCUT2D eigenvalue weighted by molar-refractivity contribution is 0.0625. The molecule has 0 unspecified atom stereocenters. The number of rotatable bonds is 5. The van der Waals surface area contributed by atoms with Crippen LogP contribution in [0.3, 0.4) is 0 Å². The number of carbonyl (C=O) groups excluding carboxylic acids is 1. The number of amides is 1. The molecule has 1 aliphatic rings. The Labute approximate surface area is 127 Å². The van der Waals surface area contributed by atoms with E-state index in [1.165, 1.54) is 0 Å². The summed E-state index contributed by atoms with van der Waals surface area (Å²) in [6.07, 6.45) is 7.72. The van der Waals surface area contributed by atoms with Gasteiger partial charge in [-0.15, -0.1) is 0 Å². The van der Waals surface area contributed by atoms with Crippen LogP contribution >= 0.6 is 0 Å². The summed E-state index contributed by atoms with van der Waals surface area (Å²) in [5.74, 6) is 0.141. The second-order valence-electron chi connectivity index (χ2n) is 6.08. The maximum atomic E-state index is 12.9. The average Bonchev–Trinajstić information content (AvgIpc) is 2.86. The van der Waals surface area contributed by atoms with Crippen LogP contribution in [0.15, 0.2) is 6.20 Å². The molecule has 1 aliphatic carbocycles. The van der Waals surface area contributed by atoms with Crippen molar-refractivity contribution in [2.75, 3.05) is 6.54 Å². The van der Waals surface area contributed by atoms with E-state index in [1.54, 1.807) is 4.68 Å². The molecule has 0 radical (unpaired) electrons. The highest BCUT2D eigenvalue weighted by molar-refractivity contribution is 5.95. The zero-order chi connectivity index (χ0) is 15.4. The van der Waals surface area contributed by atoms with Crippen molar-refractivity contribution >= 4 is 5.91 Å². The van der Waals surface area contributed by atoms with E-state index in [0.717, 1.165) is 56.3 Å². The van der Waals surface area contributed by atoms with E-state index >= 15 is 0 Å². The van der Waals surface area contributed by atoms with Crippen molar-refractivity contribution in [2.24, 2.45) is 12.8 Å². The Morgan fingerprint density at radius 3 is 2.62 bits per heavy atom. The summed E-state index contributed by atoms with van der Waals surface area (Å²) in [6.45, 7) is 4.98. The molecule has 2 N–H and O–H groups in total. The topological polar surface area (TPSA) is 64.2 Å². The van der Waals surface area contributed by atoms with Gasteiger partial charge < -0.3 is 10.6 Å². The molecule has 5 nitrogen and oxygen atoms in total. The lowest BCUT2D eigenvalue weighted by Crippen LogP contribution is -2.44. The minimum atomic E-state index is 0.141. The average molecular weight is 292 g/mol. The van der Waals surface area contributed by atoms with Crippen LogP contribution in [-0.2, 0) is 13.5 Å². The first-order valence-corrected chi connectivity index (χ1v) is 8.15. The first-order chi connectivity index (χ1) is 10.1. The minimum absolute atomic E-state index is 0.141. The van der Waals surface area contributed by atoms with E-state index in [9.17, 15) is 4.79 Å². The molecule has 0 spiro atoms. The fourth-order valence-electron chi connectivity index (χ4n) is 3.23. The van der Waals surface area contributed by atoms with Gasteiger partial charge in [0.25, 0.3) is 5.91 Å². The number of hydrogen-bond acceptors (Lipinski definition) is 3. The van der Waals surface area contributed by atoms with Crippen LogP contribution in [0.1, 0.15) is 62.0 Å². The number of hydrogen-bond donors (Lipinski definition) is 1. The van der Waals surface area contributed by atoms with Crippen molar-refractivity contribution in [1.29, 1.82) is 0 Å². The first-order valence-electron chi connectivity index (χ1n) is 8.15. The van der Waals surface area contributed by atoms with Crippen molar-refractivity contribution in [3.05, 3.63) is 17.5 Å². The molecule has 1 fully saturated rings. The number of nitrogens with two attached hydrogens (primary N) is 1. The van der Waals surface area contributed by atoms with Crippen LogP contribution in [-0.4, -0.2) is 39.2 Å². The summed E-state index contributed by atoms with van der Waals surface area (Å²) in [5.41, 5.74) is 7.66. The zero-order valence-corrected chi connectivity index (χ0v) is 13.5. The highest BCUT2D eigenvalue weighted by Crippen LogP contribution is 2.24. The van der Waals surface area contributed by atoms with E-state index in [1.807, 2.05) is 20.2 Å². The van der Waals surface area contributed by atoms with E-state index in [4.69, 9.17) is 5.73 Å². The predicted molar refractivity (Wildman–Crippen MR) is 84.1 cm³/mol. The number of aromatic nitrogens is 2. The minimum Gasteiger partial charge on any atom is -0.336 e. The maximum absolute atomic E-state index is 12.9. The van der Waals surface area contributed by atoms with Gasteiger partial charge in [-0.3, -0.25) is 9.48 Å².